The number of alkyl halides is 2. The van der Waals surface area contributed by atoms with Crippen LogP contribution in [0.2, 0.25) is 0 Å². The lowest BCUT2D eigenvalue weighted by Crippen LogP contribution is -2.36. The van der Waals surface area contributed by atoms with Gasteiger partial charge in [0, 0.05) is 6.07 Å². The van der Waals surface area contributed by atoms with E-state index in [0.717, 1.165) is 6.07 Å². The molecule has 4 nitrogen and oxygen atoms in total. The number of aromatic nitrogens is 2. The molecule has 1 aromatic rings. The topological polar surface area (TPSA) is 71.8 Å². The number of rotatable bonds is 3. The van der Waals surface area contributed by atoms with E-state index in [9.17, 15) is 13.6 Å². The molecule has 1 heterocycles. The van der Waals surface area contributed by atoms with E-state index in [1.54, 1.807) is 13.8 Å². The summed E-state index contributed by atoms with van der Waals surface area (Å²) in [6.07, 6.45) is -2.28. The molecule has 0 aliphatic heterocycles. The third kappa shape index (κ3) is 3.24. The number of hydrogen-bond donors (Lipinski definition) is 2. The van der Waals surface area contributed by atoms with Gasteiger partial charge >= 0.3 is 0 Å². The average molecular weight is 254 g/mol. The maximum absolute atomic E-state index is 12.4. The molecular formula is C9H14ClF2N3O. The van der Waals surface area contributed by atoms with E-state index in [1.807, 2.05) is 0 Å². The lowest BCUT2D eigenvalue weighted by atomic mass is 9.99. The van der Waals surface area contributed by atoms with Crippen LogP contribution in [0.1, 0.15) is 38.2 Å². The number of nitrogens with one attached hydrogen (secondary N) is 1. The van der Waals surface area contributed by atoms with Crippen LogP contribution >= 0.6 is 12.4 Å². The van der Waals surface area contributed by atoms with E-state index in [2.05, 4.69) is 9.97 Å². The van der Waals surface area contributed by atoms with Crippen LogP contribution in [0.15, 0.2) is 10.9 Å². The van der Waals surface area contributed by atoms with Crippen molar-refractivity contribution in [3.63, 3.8) is 0 Å². The zero-order valence-corrected chi connectivity index (χ0v) is 9.78. The number of H-pyrrole nitrogens is 1. The largest absolute Gasteiger partial charge is 0.319 e. The highest BCUT2D eigenvalue weighted by atomic mass is 35.5. The van der Waals surface area contributed by atoms with Crippen LogP contribution in [0, 0.1) is 0 Å². The number of nitrogens with two attached hydrogens (primary N) is 1. The quantitative estimate of drug-likeness (QED) is 0.861. The van der Waals surface area contributed by atoms with Crippen molar-refractivity contribution in [3.05, 3.63) is 27.9 Å². The molecule has 0 spiro atoms. The predicted octanol–water partition coefficient (Wildman–Crippen LogP) is 1.71. The second-order valence-corrected chi connectivity index (χ2v) is 3.59. The predicted molar refractivity (Wildman–Crippen MR) is 58.9 cm³/mol. The minimum absolute atomic E-state index is 0. The highest BCUT2D eigenvalue weighted by molar-refractivity contribution is 5.85. The molecule has 0 bridgehead atoms. The monoisotopic (exact) mass is 253 g/mol. The molecule has 3 N–H and O–H groups in total. The fraction of sp³-hybridized carbons (Fsp3) is 0.556. The number of aromatic amines is 1. The second-order valence-electron chi connectivity index (χ2n) is 3.59. The molecule has 1 unspecified atom stereocenters. The van der Waals surface area contributed by atoms with Crippen molar-refractivity contribution in [1.29, 1.82) is 0 Å². The summed E-state index contributed by atoms with van der Waals surface area (Å²) in [4.78, 5) is 17.1. The highest BCUT2D eigenvalue weighted by Gasteiger charge is 2.23. The van der Waals surface area contributed by atoms with E-state index in [0.29, 0.717) is 6.42 Å². The second kappa shape index (κ2) is 5.36. The van der Waals surface area contributed by atoms with Gasteiger partial charge in [0.25, 0.3) is 12.0 Å². The van der Waals surface area contributed by atoms with Gasteiger partial charge in [-0.3, -0.25) is 4.79 Å². The first-order chi connectivity index (χ1) is 6.86. The van der Waals surface area contributed by atoms with Crippen molar-refractivity contribution in [3.8, 4) is 0 Å². The van der Waals surface area contributed by atoms with Crippen LogP contribution in [-0.2, 0) is 5.54 Å². The molecule has 0 aliphatic carbocycles. The molecule has 0 radical (unpaired) electrons. The first kappa shape index (κ1) is 15.0. The molecule has 0 aliphatic rings. The van der Waals surface area contributed by atoms with Gasteiger partial charge < -0.3 is 10.7 Å². The van der Waals surface area contributed by atoms with E-state index in [-0.39, 0.29) is 18.2 Å². The Morgan fingerprint density at radius 1 is 1.62 bits per heavy atom. The molecule has 0 amide bonds. The van der Waals surface area contributed by atoms with Crippen molar-refractivity contribution < 1.29 is 8.78 Å². The summed E-state index contributed by atoms with van der Waals surface area (Å²) in [6.45, 7) is 3.41. The molecule has 7 heteroatoms. The first-order valence-electron chi connectivity index (χ1n) is 4.55. The number of halogens is 3. The summed E-state index contributed by atoms with van der Waals surface area (Å²) in [5.41, 5.74) is 3.75. The molecule has 0 saturated carbocycles. The summed E-state index contributed by atoms with van der Waals surface area (Å²) in [6, 6.07) is 0.778. The number of nitrogens with zero attached hydrogens (tertiary/aromatic N) is 1. The van der Waals surface area contributed by atoms with Gasteiger partial charge in [-0.1, -0.05) is 6.92 Å². The molecule has 0 saturated heterocycles. The number of hydrogen-bond acceptors (Lipinski definition) is 3. The Morgan fingerprint density at radius 2 is 2.19 bits per heavy atom. The van der Waals surface area contributed by atoms with E-state index in [4.69, 9.17) is 5.73 Å². The van der Waals surface area contributed by atoms with Crippen LogP contribution in [-0.4, -0.2) is 9.97 Å². The van der Waals surface area contributed by atoms with Gasteiger partial charge in [0.05, 0.1) is 5.54 Å². The molecule has 0 aromatic carbocycles. The minimum atomic E-state index is -2.77. The summed E-state index contributed by atoms with van der Waals surface area (Å²) < 4.78 is 24.7. The van der Waals surface area contributed by atoms with Gasteiger partial charge in [0.2, 0.25) is 0 Å². The zero-order valence-electron chi connectivity index (χ0n) is 8.96. The van der Waals surface area contributed by atoms with Gasteiger partial charge in [0.15, 0.2) is 0 Å². The van der Waals surface area contributed by atoms with Gasteiger partial charge in [0.1, 0.15) is 11.5 Å². The maximum Gasteiger partial charge on any atom is 0.280 e. The third-order valence-corrected chi connectivity index (χ3v) is 2.26. The minimum Gasteiger partial charge on any atom is -0.319 e. The standard InChI is InChI=1S/C9H13F2N3O.ClH/c1-3-9(2,12)8-13-5(7(10)11)4-6(15)14-8;/h4,7H,3,12H2,1-2H3,(H,13,14,15);1H. The van der Waals surface area contributed by atoms with Crippen LogP contribution in [0.25, 0.3) is 0 Å². The smallest absolute Gasteiger partial charge is 0.280 e. The van der Waals surface area contributed by atoms with E-state index >= 15 is 0 Å². The van der Waals surface area contributed by atoms with E-state index < -0.39 is 23.2 Å². The lowest BCUT2D eigenvalue weighted by molar-refractivity contribution is 0.145. The SMILES string of the molecule is CCC(C)(N)c1nc(C(F)F)cc(=O)[nH]1.Cl. The Hall–Kier alpha value is -1.01. The summed E-state index contributed by atoms with van der Waals surface area (Å²) in [7, 11) is 0. The molecule has 16 heavy (non-hydrogen) atoms. The fourth-order valence-corrected chi connectivity index (χ4v) is 1.03. The van der Waals surface area contributed by atoms with Gasteiger partial charge in [-0.15, -0.1) is 12.4 Å². The van der Waals surface area contributed by atoms with Crippen LogP contribution in [0.3, 0.4) is 0 Å². The fourth-order valence-electron chi connectivity index (χ4n) is 1.03. The van der Waals surface area contributed by atoms with Crippen molar-refractivity contribution in [2.75, 3.05) is 0 Å². The first-order valence-corrected chi connectivity index (χ1v) is 4.55. The zero-order chi connectivity index (χ0) is 11.6. The van der Waals surface area contributed by atoms with Crippen LogP contribution in [0.5, 0.6) is 0 Å². The summed E-state index contributed by atoms with van der Waals surface area (Å²) >= 11 is 0. The molecule has 1 rings (SSSR count). The van der Waals surface area contributed by atoms with Gasteiger partial charge in [-0.25, -0.2) is 13.8 Å². The van der Waals surface area contributed by atoms with Crippen molar-refractivity contribution >= 4 is 12.4 Å². The van der Waals surface area contributed by atoms with Crippen molar-refractivity contribution in [2.45, 2.75) is 32.2 Å². The molecular weight excluding hydrogens is 240 g/mol. The maximum atomic E-state index is 12.4. The van der Waals surface area contributed by atoms with Crippen LogP contribution in [0.4, 0.5) is 8.78 Å². The third-order valence-electron chi connectivity index (χ3n) is 2.26. The average Bonchev–Trinajstić information content (AvgIpc) is 2.16. The highest BCUT2D eigenvalue weighted by Crippen LogP contribution is 2.19. The molecule has 1 aromatic heterocycles. The molecule has 1 atom stereocenters. The summed E-state index contributed by atoms with van der Waals surface area (Å²) in [5, 5.41) is 0. The Balaban J connectivity index is 0.00000225. The normalized spacial score (nSPS) is 14.4. The lowest BCUT2D eigenvalue weighted by Gasteiger charge is -2.21. The van der Waals surface area contributed by atoms with Crippen LogP contribution < -0.4 is 11.3 Å². The Morgan fingerprint density at radius 3 is 2.62 bits per heavy atom. The molecule has 92 valence electrons. The Bertz CT molecular complexity index is 406. The van der Waals surface area contributed by atoms with E-state index in [1.165, 1.54) is 0 Å². The van der Waals surface area contributed by atoms with Crippen molar-refractivity contribution in [2.24, 2.45) is 5.73 Å². The molecule has 0 fully saturated rings. The van der Waals surface area contributed by atoms with Gasteiger partial charge in [-0.05, 0) is 13.3 Å². The summed E-state index contributed by atoms with van der Waals surface area (Å²) in [5.74, 6) is 0.0906. The Kier molecular flexibility index (Phi) is 5.02. The van der Waals surface area contributed by atoms with Gasteiger partial charge in [-0.2, -0.15) is 0 Å². The van der Waals surface area contributed by atoms with Crippen molar-refractivity contribution in [1.82, 2.24) is 9.97 Å². The Labute approximate surface area is 97.7 Å².